The molecule has 0 saturated carbocycles. The average molecular weight is 213 g/mol. The average Bonchev–Trinajstić information content (AvgIpc) is 2.01. The van der Waals surface area contributed by atoms with Crippen LogP contribution in [0.15, 0.2) is 12.2 Å². The van der Waals surface area contributed by atoms with Gasteiger partial charge in [0.2, 0.25) is 5.91 Å². The Morgan fingerprint density at radius 3 is 1.94 bits per heavy atom. The second-order valence-corrected chi connectivity index (χ2v) is 2.70. The Hall–Kier alpha value is -0.655. The van der Waals surface area contributed by atoms with Crippen LogP contribution in [-0.2, 0) is 14.4 Å². The van der Waals surface area contributed by atoms with Gasteiger partial charge in [-0.05, 0) is 6.92 Å². The van der Waals surface area contributed by atoms with Gasteiger partial charge in [0.15, 0.2) is 0 Å². The van der Waals surface area contributed by atoms with Gasteiger partial charge in [0.25, 0.3) is 0 Å². The van der Waals surface area contributed by atoms with Gasteiger partial charge >= 0.3 is 37.7 Å². The van der Waals surface area contributed by atoms with E-state index in [1.165, 1.54) is 6.92 Å². The van der Waals surface area contributed by atoms with Gasteiger partial charge in [0, 0.05) is 18.0 Å². The van der Waals surface area contributed by atoms with Crippen LogP contribution in [0.1, 0.15) is 13.3 Å². The fourth-order valence-corrected chi connectivity index (χ4v) is 0.641. The summed E-state index contributed by atoms with van der Waals surface area (Å²) in [5.41, 5.74) is 0.0783. The number of rotatable bonds is 5. The Labute approximate surface area is 117 Å². The number of hydrogen-bond donors (Lipinski definition) is 1. The molecule has 0 rings (SSSR count). The number of hydrogen-bond acceptors (Lipinski definition) is 5. The quantitative estimate of drug-likeness (QED) is 0.360. The van der Waals surface area contributed by atoms with Gasteiger partial charge in [-0.15, -0.1) is 0 Å². The molecule has 0 spiro atoms. The Bertz CT molecular complexity index is 292. The van der Waals surface area contributed by atoms with E-state index in [0.717, 1.165) is 0 Å². The summed E-state index contributed by atoms with van der Waals surface area (Å²) in [4.78, 5) is 31.4. The van der Waals surface area contributed by atoms with Crippen LogP contribution in [0.25, 0.3) is 0 Å². The van der Waals surface area contributed by atoms with Crippen molar-refractivity contribution in [2.75, 3.05) is 0 Å². The minimum absolute atomic E-state index is 0. The second-order valence-electron chi connectivity index (χ2n) is 2.70. The number of carbonyl (C=O) groups is 3. The standard InChI is InChI=1S/C8H11NO5.2Li/c1-4(2)7(12)9-5(8(13)14)3-6(10)11;;/h5H,1,3H2,2H3,(H,9,12)(H,10,11)(H,13,14);;/q;2*+1/p-2/t5-;;/m0../s1. The fourth-order valence-electron chi connectivity index (χ4n) is 0.641. The maximum absolute atomic E-state index is 10.9. The molecule has 0 unspecified atom stereocenters. The molecular weight excluding hydrogens is 204 g/mol. The molecule has 0 aromatic heterocycles. The third kappa shape index (κ3) is 8.64. The summed E-state index contributed by atoms with van der Waals surface area (Å²) in [5.74, 6) is -3.99. The number of carboxylic acids is 2. The predicted molar refractivity (Wildman–Crippen MR) is 41.4 cm³/mol. The van der Waals surface area contributed by atoms with Crippen LogP contribution in [0.2, 0.25) is 0 Å². The first-order valence-corrected chi connectivity index (χ1v) is 3.71. The predicted octanol–water partition coefficient (Wildman–Crippen LogP) is -9.05. The molecule has 0 aliphatic heterocycles. The van der Waals surface area contributed by atoms with E-state index >= 15 is 0 Å². The van der Waals surface area contributed by atoms with E-state index in [9.17, 15) is 24.6 Å². The number of amides is 1. The van der Waals surface area contributed by atoms with Crippen molar-refractivity contribution in [3.8, 4) is 0 Å². The summed E-state index contributed by atoms with van der Waals surface area (Å²) >= 11 is 0. The van der Waals surface area contributed by atoms with Crippen LogP contribution in [0.3, 0.4) is 0 Å². The molecule has 0 heterocycles. The van der Waals surface area contributed by atoms with Crippen molar-refractivity contribution in [2.45, 2.75) is 19.4 Å². The molecule has 0 aliphatic rings. The van der Waals surface area contributed by atoms with E-state index < -0.39 is 30.3 Å². The smallest absolute Gasteiger partial charge is 0.550 e. The summed E-state index contributed by atoms with van der Waals surface area (Å²) in [7, 11) is 0. The van der Waals surface area contributed by atoms with Crippen molar-refractivity contribution in [2.24, 2.45) is 0 Å². The number of carboxylic acid groups (broad SMARTS) is 2. The third-order valence-corrected chi connectivity index (χ3v) is 1.35. The Kier molecular flexibility index (Phi) is 12.4. The second kappa shape index (κ2) is 9.56. The fraction of sp³-hybridized carbons (Fsp3) is 0.375. The van der Waals surface area contributed by atoms with Crippen molar-refractivity contribution < 1.29 is 62.3 Å². The normalized spacial score (nSPS) is 10.1. The zero-order valence-corrected chi connectivity index (χ0v) is 9.53. The Morgan fingerprint density at radius 2 is 1.69 bits per heavy atom. The first kappa shape index (κ1) is 20.7. The van der Waals surface area contributed by atoms with Gasteiger partial charge in [0.1, 0.15) is 0 Å². The molecule has 0 aromatic rings. The summed E-state index contributed by atoms with van der Waals surface area (Å²) in [6.45, 7) is 4.62. The van der Waals surface area contributed by atoms with Crippen LogP contribution >= 0.6 is 0 Å². The van der Waals surface area contributed by atoms with Crippen LogP contribution < -0.4 is 53.3 Å². The van der Waals surface area contributed by atoms with Crippen LogP contribution in [0, 0.1) is 0 Å². The molecule has 8 heteroatoms. The molecule has 6 nitrogen and oxygen atoms in total. The molecule has 0 bridgehead atoms. The summed E-state index contributed by atoms with van der Waals surface area (Å²) in [6.07, 6.45) is -0.832. The largest absolute Gasteiger partial charge is 1.00 e. The summed E-state index contributed by atoms with van der Waals surface area (Å²) in [6, 6.07) is -1.59. The van der Waals surface area contributed by atoms with E-state index in [2.05, 4.69) is 6.58 Å². The van der Waals surface area contributed by atoms with Gasteiger partial charge in [-0.1, -0.05) is 6.58 Å². The van der Waals surface area contributed by atoms with E-state index in [1.807, 2.05) is 5.32 Å². The van der Waals surface area contributed by atoms with Gasteiger partial charge in [-0.25, -0.2) is 0 Å². The number of carbonyl (C=O) groups excluding carboxylic acids is 3. The molecule has 1 N–H and O–H groups in total. The molecule has 0 fully saturated rings. The maximum atomic E-state index is 10.9. The van der Waals surface area contributed by atoms with Crippen molar-refractivity contribution >= 4 is 17.8 Å². The van der Waals surface area contributed by atoms with Gasteiger partial charge in [-0.3, -0.25) is 4.79 Å². The number of nitrogens with one attached hydrogen (secondary N) is 1. The molecule has 1 atom stereocenters. The van der Waals surface area contributed by atoms with Gasteiger partial charge < -0.3 is 25.1 Å². The molecule has 78 valence electrons. The van der Waals surface area contributed by atoms with E-state index in [-0.39, 0.29) is 43.3 Å². The first-order chi connectivity index (χ1) is 6.34. The molecule has 0 radical (unpaired) electrons. The van der Waals surface area contributed by atoms with Crippen molar-refractivity contribution in [3.05, 3.63) is 12.2 Å². The topological polar surface area (TPSA) is 109 Å². The maximum Gasteiger partial charge on any atom is 1.00 e. The number of aliphatic carboxylic acids is 2. The molecule has 16 heavy (non-hydrogen) atoms. The van der Waals surface area contributed by atoms with Crippen LogP contribution in [-0.4, -0.2) is 23.9 Å². The monoisotopic (exact) mass is 213 g/mol. The minimum atomic E-state index is -1.68. The molecule has 0 aromatic carbocycles. The van der Waals surface area contributed by atoms with Crippen molar-refractivity contribution in [3.63, 3.8) is 0 Å². The molecular formula is C8H9Li2NO5. The van der Waals surface area contributed by atoms with Gasteiger partial charge in [-0.2, -0.15) is 0 Å². The van der Waals surface area contributed by atoms with E-state index in [0.29, 0.717) is 0 Å². The molecule has 0 aliphatic carbocycles. The van der Waals surface area contributed by atoms with Gasteiger partial charge in [0.05, 0.1) is 12.0 Å². The van der Waals surface area contributed by atoms with Crippen LogP contribution in [0.5, 0.6) is 0 Å². The Morgan fingerprint density at radius 1 is 1.25 bits per heavy atom. The SMILES string of the molecule is C=C(C)C(=O)N[C@@H](CC(=O)[O-])C(=O)[O-].[Li+].[Li+]. The van der Waals surface area contributed by atoms with E-state index in [4.69, 9.17) is 0 Å². The van der Waals surface area contributed by atoms with Crippen LogP contribution in [0.4, 0.5) is 0 Å². The van der Waals surface area contributed by atoms with Crippen molar-refractivity contribution in [1.82, 2.24) is 5.32 Å². The first-order valence-electron chi connectivity index (χ1n) is 3.71. The van der Waals surface area contributed by atoms with Crippen molar-refractivity contribution in [1.29, 1.82) is 0 Å². The third-order valence-electron chi connectivity index (χ3n) is 1.35. The zero-order valence-electron chi connectivity index (χ0n) is 9.53. The minimum Gasteiger partial charge on any atom is -0.550 e. The van der Waals surface area contributed by atoms with E-state index in [1.54, 1.807) is 0 Å². The zero-order chi connectivity index (χ0) is 11.3. The summed E-state index contributed by atoms with van der Waals surface area (Å²) < 4.78 is 0. The Balaban J connectivity index is -0.000000845. The molecule has 1 amide bonds. The molecule has 0 saturated heterocycles. The summed E-state index contributed by atoms with van der Waals surface area (Å²) in [5, 5.41) is 22.4.